The number of aromatic carboxylic acids is 1. The van der Waals surface area contributed by atoms with Gasteiger partial charge >= 0.3 is 5.97 Å². The Balaban J connectivity index is 2.37. The van der Waals surface area contributed by atoms with E-state index in [2.05, 4.69) is 15.9 Å². The van der Waals surface area contributed by atoms with Crippen molar-refractivity contribution in [3.63, 3.8) is 0 Å². The average molecular weight is 337 g/mol. The van der Waals surface area contributed by atoms with Gasteiger partial charge in [0.05, 0.1) is 0 Å². The maximum absolute atomic E-state index is 11.2. The minimum absolute atomic E-state index is 0.00645. The van der Waals surface area contributed by atoms with Crippen LogP contribution in [-0.4, -0.2) is 22.8 Å². The largest absolute Gasteiger partial charge is 0.478 e. The Morgan fingerprint density at radius 1 is 1.15 bits per heavy atom. The molecule has 0 aliphatic carbocycles. The van der Waals surface area contributed by atoms with E-state index in [0.29, 0.717) is 16.6 Å². The van der Waals surface area contributed by atoms with Gasteiger partial charge in [-0.05, 0) is 36.2 Å². The van der Waals surface area contributed by atoms with Gasteiger partial charge in [0.25, 0.3) is 0 Å². The fourth-order valence-electron chi connectivity index (χ4n) is 1.81. The van der Waals surface area contributed by atoms with Crippen LogP contribution in [0.2, 0.25) is 0 Å². The summed E-state index contributed by atoms with van der Waals surface area (Å²) in [7, 11) is 0. The summed E-state index contributed by atoms with van der Waals surface area (Å²) in [6.45, 7) is 0.00645. The standard InChI is InChI=1S/C15H13BrO4/c16-11-5-6-14(12(9-11)15(18)19)20-13-4-2-1-3-10(13)7-8-17/h1-6,9,17H,7-8H2,(H,18,19). The first-order valence-electron chi connectivity index (χ1n) is 6.01. The van der Waals surface area contributed by atoms with Crippen LogP contribution in [-0.2, 0) is 6.42 Å². The topological polar surface area (TPSA) is 66.8 Å². The maximum Gasteiger partial charge on any atom is 0.339 e. The summed E-state index contributed by atoms with van der Waals surface area (Å²) in [5.41, 5.74) is 0.910. The van der Waals surface area contributed by atoms with Gasteiger partial charge in [-0.15, -0.1) is 0 Å². The number of halogens is 1. The lowest BCUT2D eigenvalue weighted by atomic mass is 10.1. The summed E-state index contributed by atoms with van der Waals surface area (Å²) in [5, 5.41) is 18.2. The summed E-state index contributed by atoms with van der Waals surface area (Å²) in [6.07, 6.45) is 0.453. The van der Waals surface area contributed by atoms with Gasteiger partial charge in [-0.3, -0.25) is 0 Å². The summed E-state index contributed by atoms with van der Waals surface area (Å²) < 4.78 is 6.37. The summed E-state index contributed by atoms with van der Waals surface area (Å²) in [6, 6.07) is 12.0. The van der Waals surface area contributed by atoms with Crippen molar-refractivity contribution < 1.29 is 19.7 Å². The van der Waals surface area contributed by atoms with Crippen molar-refractivity contribution in [3.05, 3.63) is 58.1 Å². The Labute approximate surface area is 124 Å². The van der Waals surface area contributed by atoms with Crippen molar-refractivity contribution in [1.29, 1.82) is 0 Å². The number of hydrogen-bond acceptors (Lipinski definition) is 3. The highest BCUT2D eigenvalue weighted by molar-refractivity contribution is 9.10. The molecule has 104 valence electrons. The van der Waals surface area contributed by atoms with E-state index in [1.54, 1.807) is 24.3 Å². The Morgan fingerprint density at radius 3 is 2.60 bits per heavy atom. The summed E-state index contributed by atoms with van der Waals surface area (Å²) in [4.78, 5) is 11.2. The molecule has 20 heavy (non-hydrogen) atoms. The molecular formula is C15H13BrO4. The molecular weight excluding hydrogens is 324 g/mol. The third-order valence-electron chi connectivity index (χ3n) is 2.75. The van der Waals surface area contributed by atoms with Gasteiger partial charge in [0.1, 0.15) is 17.1 Å². The van der Waals surface area contributed by atoms with Gasteiger partial charge in [0.15, 0.2) is 0 Å². The van der Waals surface area contributed by atoms with E-state index in [1.165, 1.54) is 6.07 Å². The Kier molecular flexibility index (Phi) is 4.76. The third kappa shape index (κ3) is 3.37. The van der Waals surface area contributed by atoms with Crippen LogP contribution in [0.1, 0.15) is 15.9 Å². The molecule has 0 heterocycles. The molecule has 0 radical (unpaired) electrons. The fourth-order valence-corrected chi connectivity index (χ4v) is 2.17. The SMILES string of the molecule is O=C(O)c1cc(Br)ccc1Oc1ccccc1CCO. The summed E-state index contributed by atoms with van der Waals surface area (Å²) >= 11 is 3.24. The zero-order valence-electron chi connectivity index (χ0n) is 10.5. The normalized spacial score (nSPS) is 10.3. The van der Waals surface area contributed by atoms with Crippen LogP contribution in [0.25, 0.3) is 0 Å². The molecule has 2 N–H and O–H groups in total. The number of carboxylic acids is 1. The quantitative estimate of drug-likeness (QED) is 0.877. The van der Waals surface area contributed by atoms with Crippen molar-refractivity contribution in [2.24, 2.45) is 0 Å². The molecule has 2 aromatic rings. The number of aliphatic hydroxyl groups is 1. The second-order valence-corrected chi connectivity index (χ2v) is 5.04. The summed E-state index contributed by atoms with van der Waals surface area (Å²) in [5.74, 6) is -0.238. The minimum atomic E-state index is -1.05. The molecule has 0 fully saturated rings. The number of carbonyl (C=O) groups is 1. The average Bonchev–Trinajstić information content (AvgIpc) is 2.43. The monoisotopic (exact) mass is 336 g/mol. The van der Waals surface area contributed by atoms with Crippen LogP contribution >= 0.6 is 15.9 Å². The maximum atomic E-state index is 11.2. The molecule has 0 aromatic heterocycles. The van der Waals surface area contributed by atoms with E-state index in [1.807, 2.05) is 12.1 Å². The van der Waals surface area contributed by atoms with E-state index in [0.717, 1.165) is 5.56 Å². The predicted octanol–water partition coefficient (Wildman–Crippen LogP) is 3.47. The van der Waals surface area contributed by atoms with Crippen molar-refractivity contribution in [3.8, 4) is 11.5 Å². The molecule has 4 nitrogen and oxygen atoms in total. The number of benzene rings is 2. The zero-order valence-corrected chi connectivity index (χ0v) is 12.1. The highest BCUT2D eigenvalue weighted by Crippen LogP contribution is 2.30. The third-order valence-corrected chi connectivity index (χ3v) is 3.24. The Morgan fingerprint density at radius 2 is 1.90 bits per heavy atom. The molecule has 2 rings (SSSR count). The van der Waals surface area contributed by atoms with Crippen LogP contribution in [0.5, 0.6) is 11.5 Å². The number of carboxylic acid groups (broad SMARTS) is 1. The Bertz CT molecular complexity index is 625. The molecule has 0 saturated carbocycles. The molecule has 0 spiro atoms. The highest BCUT2D eigenvalue weighted by atomic mass is 79.9. The number of rotatable bonds is 5. The van der Waals surface area contributed by atoms with Gasteiger partial charge in [0.2, 0.25) is 0 Å². The Hall–Kier alpha value is -1.85. The fraction of sp³-hybridized carbons (Fsp3) is 0.133. The molecule has 0 aliphatic heterocycles. The van der Waals surface area contributed by atoms with Gasteiger partial charge in [-0.2, -0.15) is 0 Å². The smallest absolute Gasteiger partial charge is 0.339 e. The van der Waals surface area contributed by atoms with Crippen molar-refractivity contribution in [1.82, 2.24) is 0 Å². The number of hydrogen-bond donors (Lipinski definition) is 2. The molecule has 0 atom stereocenters. The molecule has 0 bridgehead atoms. The number of para-hydroxylation sites is 1. The van der Waals surface area contributed by atoms with Crippen LogP contribution in [0.15, 0.2) is 46.9 Å². The lowest BCUT2D eigenvalue weighted by Crippen LogP contribution is -2.01. The highest BCUT2D eigenvalue weighted by Gasteiger charge is 2.14. The van der Waals surface area contributed by atoms with Crippen LogP contribution in [0.3, 0.4) is 0 Å². The lowest BCUT2D eigenvalue weighted by Gasteiger charge is -2.12. The molecule has 5 heteroatoms. The van der Waals surface area contributed by atoms with Crippen molar-refractivity contribution in [2.75, 3.05) is 6.61 Å². The van der Waals surface area contributed by atoms with E-state index >= 15 is 0 Å². The number of aliphatic hydroxyl groups excluding tert-OH is 1. The van der Waals surface area contributed by atoms with Crippen LogP contribution < -0.4 is 4.74 Å². The first-order valence-corrected chi connectivity index (χ1v) is 6.80. The first-order chi connectivity index (χ1) is 9.61. The zero-order chi connectivity index (χ0) is 14.5. The van der Waals surface area contributed by atoms with Gasteiger partial charge in [-0.25, -0.2) is 4.79 Å². The van der Waals surface area contributed by atoms with E-state index in [4.69, 9.17) is 9.84 Å². The van der Waals surface area contributed by atoms with E-state index in [9.17, 15) is 9.90 Å². The van der Waals surface area contributed by atoms with Gasteiger partial charge in [-0.1, -0.05) is 34.1 Å². The molecule has 0 aliphatic rings. The predicted molar refractivity (Wildman–Crippen MR) is 78.4 cm³/mol. The molecule has 2 aromatic carbocycles. The molecule has 0 amide bonds. The number of ether oxygens (including phenoxy) is 1. The van der Waals surface area contributed by atoms with Crippen LogP contribution in [0.4, 0.5) is 0 Å². The second kappa shape index (κ2) is 6.54. The van der Waals surface area contributed by atoms with Gasteiger partial charge in [0, 0.05) is 11.1 Å². The minimum Gasteiger partial charge on any atom is -0.478 e. The molecule has 0 unspecified atom stereocenters. The van der Waals surface area contributed by atoms with E-state index < -0.39 is 5.97 Å². The second-order valence-electron chi connectivity index (χ2n) is 4.13. The lowest BCUT2D eigenvalue weighted by molar-refractivity contribution is 0.0694. The molecule has 0 saturated heterocycles. The van der Waals surface area contributed by atoms with E-state index in [-0.39, 0.29) is 17.9 Å². The first kappa shape index (κ1) is 14.6. The van der Waals surface area contributed by atoms with Gasteiger partial charge < -0.3 is 14.9 Å². The van der Waals surface area contributed by atoms with Crippen LogP contribution in [0, 0.1) is 0 Å². The van der Waals surface area contributed by atoms with Crippen molar-refractivity contribution in [2.45, 2.75) is 6.42 Å². The van der Waals surface area contributed by atoms with Crippen molar-refractivity contribution >= 4 is 21.9 Å².